The quantitative estimate of drug-likeness (QED) is 0.729. The second-order valence-electron chi connectivity index (χ2n) is 2.27. The van der Waals surface area contributed by atoms with Gasteiger partial charge in [0.05, 0.1) is 5.69 Å². The number of aromatic amines is 2. The minimum atomic E-state index is 0.897. The number of rotatable bonds is 1. The molecule has 2 aromatic rings. The Balaban J connectivity index is 2.48. The lowest BCUT2D eigenvalue weighted by atomic mass is 10.4. The minimum absolute atomic E-state index is 0.897. The SMILES string of the molecule is Ic1nc(-c2ccc[nH]2)[nH]c1I. The van der Waals surface area contributed by atoms with Gasteiger partial charge in [-0.25, -0.2) is 4.98 Å². The van der Waals surface area contributed by atoms with E-state index in [1.807, 2.05) is 18.3 Å². The van der Waals surface area contributed by atoms with Crippen LogP contribution in [0.5, 0.6) is 0 Å². The van der Waals surface area contributed by atoms with Crippen LogP contribution >= 0.6 is 45.2 Å². The van der Waals surface area contributed by atoms with E-state index in [-0.39, 0.29) is 0 Å². The fourth-order valence-corrected chi connectivity index (χ4v) is 1.69. The van der Waals surface area contributed by atoms with Gasteiger partial charge in [-0.1, -0.05) is 0 Å². The molecule has 5 heteroatoms. The van der Waals surface area contributed by atoms with Crippen molar-refractivity contribution in [2.24, 2.45) is 0 Å². The third-order valence-corrected chi connectivity index (χ3v) is 4.07. The molecular weight excluding hydrogens is 380 g/mol. The second kappa shape index (κ2) is 3.36. The van der Waals surface area contributed by atoms with E-state index in [0.717, 1.165) is 18.9 Å². The highest BCUT2D eigenvalue weighted by molar-refractivity contribution is 14.1. The lowest BCUT2D eigenvalue weighted by Crippen LogP contribution is -1.78. The third kappa shape index (κ3) is 1.51. The maximum Gasteiger partial charge on any atom is 0.155 e. The van der Waals surface area contributed by atoms with Crippen molar-refractivity contribution in [1.29, 1.82) is 0 Å². The Morgan fingerprint density at radius 3 is 2.67 bits per heavy atom. The van der Waals surface area contributed by atoms with Gasteiger partial charge < -0.3 is 9.97 Å². The van der Waals surface area contributed by atoms with Gasteiger partial charge in [-0.05, 0) is 57.3 Å². The molecule has 0 radical (unpaired) electrons. The van der Waals surface area contributed by atoms with Crippen LogP contribution in [0.15, 0.2) is 18.3 Å². The van der Waals surface area contributed by atoms with Crippen LogP contribution in [0.4, 0.5) is 0 Å². The molecule has 2 rings (SSSR count). The number of imidazole rings is 1. The van der Waals surface area contributed by atoms with E-state index in [2.05, 4.69) is 60.1 Å². The van der Waals surface area contributed by atoms with Gasteiger partial charge in [0.1, 0.15) is 7.40 Å². The number of nitrogens with zero attached hydrogens (tertiary/aromatic N) is 1. The van der Waals surface area contributed by atoms with Crippen LogP contribution in [0.25, 0.3) is 11.5 Å². The van der Waals surface area contributed by atoms with Gasteiger partial charge in [-0.2, -0.15) is 0 Å². The van der Waals surface area contributed by atoms with Gasteiger partial charge in [-0.15, -0.1) is 0 Å². The highest BCUT2D eigenvalue weighted by Crippen LogP contribution is 2.18. The first-order valence-electron chi connectivity index (χ1n) is 3.32. The zero-order valence-electron chi connectivity index (χ0n) is 5.94. The Kier molecular flexibility index (Phi) is 2.40. The molecular formula is C7H5I2N3. The fourth-order valence-electron chi connectivity index (χ4n) is 0.936. The molecule has 0 aliphatic rings. The molecule has 0 saturated heterocycles. The van der Waals surface area contributed by atoms with Gasteiger partial charge in [0, 0.05) is 6.20 Å². The number of aromatic nitrogens is 3. The number of nitrogens with one attached hydrogen (secondary N) is 2. The normalized spacial score (nSPS) is 10.5. The highest BCUT2D eigenvalue weighted by atomic mass is 127. The van der Waals surface area contributed by atoms with E-state index < -0.39 is 0 Å². The van der Waals surface area contributed by atoms with Crippen molar-refractivity contribution >= 4 is 45.2 Å². The largest absolute Gasteiger partial charge is 0.359 e. The van der Waals surface area contributed by atoms with Crippen LogP contribution in [0.2, 0.25) is 0 Å². The first-order valence-corrected chi connectivity index (χ1v) is 5.48. The molecule has 2 heterocycles. The highest BCUT2D eigenvalue weighted by Gasteiger charge is 2.06. The molecule has 0 atom stereocenters. The lowest BCUT2D eigenvalue weighted by molar-refractivity contribution is 1.24. The third-order valence-electron chi connectivity index (χ3n) is 1.47. The summed E-state index contributed by atoms with van der Waals surface area (Å²) < 4.78 is 2.09. The van der Waals surface area contributed by atoms with E-state index >= 15 is 0 Å². The van der Waals surface area contributed by atoms with Crippen molar-refractivity contribution in [3.8, 4) is 11.5 Å². The Hall–Kier alpha value is -0.0500. The molecule has 0 fully saturated rings. The van der Waals surface area contributed by atoms with Crippen LogP contribution in [-0.2, 0) is 0 Å². The summed E-state index contributed by atoms with van der Waals surface area (Å²) in [6.45, 7) is 0. The molecule has 12 heavy (non-hydrogen) atoms. The molecule has 0 unspecified atom stereocenters. The minimum Gasteiger partial charge on any atom is -0.359 e. The van der Waals surface area contributed by atoms with E-state index in [4.69, 9.17) is 0 Å². The van der Waals surface area contributed by atoms with Crippen molar-refractivity contribution in [2.75, 3.05) is 0 Å². The first kappa shape index (κ1) is 8.54. The molecule has 3 nitrogen and oxygen atoms in total. The Morgan fingerprint density at radius 2 is 2.17 bits per heavy atom. The molecule has 0 aliphatic heterocycles. The summed E-state index contributed by atoms with van der Waals surface area (Å²) in [5.41, 5.74) is 1.02. The average Bonchev–Trinajstić information content (AvgIpc) is 2.61. The van der Waals surface area contributed by atoms with Crippen LogP contribution in [0.3, 0.4) is 0 Å². The zero-order chi connectivity index (χ0) is 8.55. The molecule has 2 N–H and O–H groups in total. The number of halogens is 2. The predicted octanol–water partition coefficient (Wildman–Crippen LogP) is 2.61. The van der Waals surface area contributed by atoms with Crippen LogP contribution in [-0.4, -0.2) is 15.0 Å². The lowest BCUT2D eigenvalue weighted by Gasteiger charge is -1.87. The summed E-state index contributed by atoms with van der Waals surface area (Å²) in [6, 6.07) is 3.95. The standard InChI is InChI=1S/C7H5I2N3/c8-5-6(9)12-7(11-5)4-2-1-3-10-4/h1-3,10H,(H,11,12). The molecule has 0 amide bonds. The monoisotopic (exact) mass is 385 g/mol. The fraction of sp³-hybridized carbons (Fsp3) is 0. The maximum atomic E-state index is 4.35. The van der Waals surface area contributed by atoms with Crippen LogP contribution < -0.4 is 0 Å². The van der Waals surface area contributed by atoms with Gasteiger partial charge in [0.2, 0.25) is 0 Å². The van der Waals surface area contributed by atoms with Crippen molar-refractivity contribution in [3.63, 3.8) is 0 Å². The number of H-pyrrole nitrogens is 2. The smallest absolute Gasteiger partial charge is 0.155 e. The van der Waals surface area contributed by atoms with Gasteiger partial charge >= 0.3 is 0 Å². The molecule has 0 bridgehead atoms. The van der Waals surface area contributed by atoms with Crippen molar-refractivity contribution < 1.29 is 0 Å². The van der Waals surface area contributed by atoms with E-state index in [1.165, 1.54) is 0 Å². The average molecular weight is 385 g/mol. The Labute approximate surface area is 96.7 Å². The molecule has 2 aromatic heterocycles. The van der Waals surface area contributed by atoms with Crippen molar-refractivity contribution in [1.82, 2.24) is 15.0 Å². The number of hydrogen-bond acceptors (Lipinski definition) is 1. The van der Waals surface area contributed by atoms with E-state index in [0.29, 0.717) is 0 Å². The topological polar surface area (TPSA) is 44.5 Å². The number of hydrogen-bond donors (Lipinski definition) is 2. The molecule has 62 valence electrons. The maximum absolute atomic E-state index is 4.35. The summed E-state index contributed by atoms with van der Waals surface area (Å²) in [7, 11) is 0. The summed E-state index contributed by atoms with van der Waals surface area (Å²) in [4.78, 5) is 10.6. The molecule has 0 aromatic carbocycles. The molecule has 0 aliphatic carbocycles. The molecule has 0 spiro atoms. The van der Waals surface area contributed by atoms with Crippen LogP contribution in [0, 0.1) is 7.40 Å². The summed E-state index contributed by atoms with van der Waals surface area (Å²) in [5, 5.41) is 0. The Morgan fingerprint density at radius 1 is 1.33 bits per heavy atom. The van der Waals surface area contributed by atoms with Crippen molar-refractivity contribution in [2.45, 2.75) is 0 Å². The predicted molar refractivity (Wildman–Crippen MR) is 63.8 cm³/mol. The van der Waals surface area contributed by atoms with Gasteiger partial charge in [0.25, 0.3) is 0 Å². The molecule has 0 saturated carbocycles. The summed E-state index contributed by atoms with van der Waals surface area (Å²) >= 11 is 4.44. The Bertz CT molecular complexity index is 358. The van der Waals surface area contributed by atoms with E-state index in [9.17, 15) is 0 Å². The second-order valence-corrected chi connectivity index (χ2v) is 4.37. The van der Waals surface area contributed by atoms with E-state index in [1.54, 1.807) is 0 Å². The van der Waals surface area contributed by atoms with Gasteiger partial charge in [0.15, 0.2) is 5.82 Å². The van der Waals surface area contributed by atoms with Crippen LogP contribution in [0.1, 0.15) is 0 Å². The van der Waals surface area contributed by atoms with Gasteiger partial charge in [-0.3, -0.25) is 0 Å². The first-order chi connectivity index (χ1) is 5.77. The zero-order valence-corrected chi connectivity index (χ0v) is 10.3. The summed E-state index contributed by atoms with van der Waals surface area (Å²) in [5.74, 6) is 0.897. The summed E-state index contributed by atoms with van der Waals surface area (Å²) in [6.07, 6.45) is 1.89. The van der Waals surface area contributed by atoms with Crippen molar-refractivity contribution in [3.05, 3.63) is 25.7 Å².